The van der Waals surface area contributed by atoms with Crippen LogP contribution in [0.1, 0.15) is 19.8 Å². The Morgan fingerprint density at radius 3 is 2.10 bits per heavy atom. The zero-order valence-electron chi connectivity index (χ0n) is 18.3. The third-order valence-corrected chi connectivity index (χ3v) is 5.99. The Hall–Kier alpha value is -3.22. The van der Waals surface area contributed by atoms with Crippen molar-refractivity contribution < 1.29 is 9.53 Å². The van der Waals surface area contributed by atoms with E-state index in [1.54, 1.807) is 11.7 Å². The summed E-state index contributed by atoms with van der Waals surface area (Å²) in [5.41, 5.74) is 2.95. The van der Waals surface area contributed by atoms with Gasteiger partial charge in [-0.15, -0.1) is 0 Å². The molecule has 2 aromatic carbocycles. The van der Waals surface area contributed by atoms with E-state index in [-0.39, 0.29) is 11.6 Å². The van der Waals surface area contributed by atoms with Gasteiger partial charge in [0.25, 0.3) is 0 Å². The number of amides is 1. The fraction of sp³-hybridized carbons (Fsp3) is 0.417. The molecule has 0 unspecified atom stereocenters. The van der Waals surface area contributed by atoms with Crippen LogP contribution in [0.3, 0.4) is 0 Å². The molecule has 1 amide bonds. The topological polar surface area (TPSA) is 59.7 Å². The van der Waals surface area contributed by atoms with Gasteiger partial charge in [0.05, 0.1) is 18.1 Å². The van der Waals surface area contributed by atoms with Crippen LogP contribution >= 0.6 is 0 Å². The summed E-state index contributed by atoms with van der Waals surface area (Å²) in [7, 11) is 1.66. The first-order chi connectivity index (χ1) is 15.1. The second kappa shape index (κ2) is 9.29. The van der Waals surface area contributed by atoms with E-state index in [0.717, 1.165) is 42.0 Å². The minimum atomic E-state index is -0.0276. The highest BCUT2D eigenvalue weighted by Crippen LogP contribution is 2.21. The monoisotopic (exact) mass is 422 g/mol. The molecule has 31 heavy (non-hydrogen) atoms. The summed E-state index contributed by atoms with van der Waals surface area (Å²) >= 11 is 0. The summed E-state index contributed by atoms with van der Waals surface area (Å²) in [5.74, 6) is 0.946. The van der Waals surface area contributed by atoms with Crippen LogP contribution in [0.2, 0.25) is 0 Å². The molecular weight excluding hydrogens is 392 g/mol. The number of rotatable bonds is 7. The summed E-state index contributed by atoms with van der Waals surface area (Å²) in [4.78, 5) is 29.9. The molecule has 3 aromatic rings. The van der Waals surface area contributed by atoms with Gasteiger partial charge in [-0.25, -0.2) is 4.79 Å². The molecule has 0 bridgehead atoms. The second-order valence-corrected chi connectivity index (χ2v) is 7.89. The first kappa shape index (κ1) is 21.0. The van der Waals surface area contributed by atoms with Crippen molar-refractivity contribution in [3.05, 3.63) is 59.0 Å². The van der Waals surface area contributed by atoms with Crippen molar-refractivity contribution in [1.29, 1.82) is 0 Å². The molecule has 0 aliphatic carbocycles. The molecule has 7 nitrogen and oxygen atoms in total. The lowest BCUT2D eigenvalue weighted by molar-refractivity contribution is -0.131. The Morgan fingerprint density at radius 1 is 0.903 bits per heavy atom. The number of hydrogen-bond donors (Lipinski definition) is 0. The van der Waals surface area contributed by atoms with E-state index in [4.69, 9.17) is 4.74 Å². The van der Waals surface area contributed by atoms with Gasteiger partial charge >= 0.3 is 5.69 Å². The number of fused-ring (bicyclic) bond motifs is 1. The summed E-state index contributed by atoms with van der Waals surface area (Å²) in [6.45, 7) is 6.14. The van der Waals surface area contributed by atoms with Gasteiger partial charge < -0.3 is 14.5 Å². The number of ether oxygens (including phenoxy) is 1. The number of benzene rings is 2. The van der Waals surface area contributed by atoms with E-state index >= 15 is 0 Å². The average Bonchev–Trinajstić information content (AvgIpc) is 3.09. The highest BCUT2D eigenvalue weighted by molar-refractivity contribution is 5.78. The molecule has 4 rings (SSSR count). The summed E-state index contributed by atoms with van der Waals surface area (Å²) in [5, 5.41) is 0. The third kappa shape index (κ3) is 4.31. The van der Waals surface area contributed by atoms with Crippen LogP contribution in [0.25, 0.3) is 11.0 Å². The Morgan fingerprint density at radius 2 is 1.52 bits per heavy atom. The normalized spacial score (nSPS) is 14.3. The molecule has 1 aromatic heterocycles. The predicted molar refractivity (Wildman–Crippen MR) is 123 cm³/mol. The molecule has 1 aliphatic rings. The number of aryl methyl sites for hydroxylation is 2. The number of aromatic nitrogens is 2. The van der Waals surface area contributed by atoms with E-state index in [2.05, 4.69) is 24.0 Å². The van der Waals surface area contributed by atoms with Crippen molar-refractivity contribution in [3.63, 3.8) is 0 Å². The zero-order valence-corrected chi connectivity index (χ0v) is 18.3. The van der Waals surface area contributed by atoms with Gasteiger partial charge in [0.2, 0.25) is 5.91 Å². The third-order valence-electron chi connectivity index (χ3n) is 5.99. The first-order valence-electron chi connectivity index (χ1n) is 11.0. The number of carbonyl (C=O) groups excluding carboxylic acids is 1. The molecule has 1 aliphatic heterocycles. The Kier molecular flexibility index (Phi) is 6.30. The molecule has 1 fully saturated rings. The lowest BCUT2D eigenvalue weighted by Gasteiger charge is -2.36. The smallest absolute Gasteiger partial charge is 0.329 e. The van der Waals surface area contributed by atoms with Crippen molar-refractivity contribution in [3.8, 4) is 5.75 Å². The maximum atomic E-state index is 12.9. The van der Waals surface area contributed by atoms with E-state index in [9.17, 15) is 9.59 Å². The van der Waals surface area contributed by atoms with Crippen LogP contribution in [-0.4, -0.2) is 53.2 Å². The minimum Gasteiger partial charge on any atom is -0.497 e. The van der Waals surface area contributed by atoms with E-state index in [0.29, 0.717) is 32.6 Å². The maximum Gasteiger partial charge on any atom is 0.329 e. The molecule has 1 saturated heterocycles. The highest BCUT2D eigenvalue weighted by Gasteiger charge is 2.22. The Labute approximate surface area is 182 Å². The summed E-state index contributed by atoms with van der Waals surface area (Å²) in [6.07, 6.45) is 1.23. The highest BCUT2D eigenvalue weighted by atomic mass is 16.5. The predicted octanol–water partition coefficient (Wildman–Crippen LogP) is 2.96. The molecular formula is C24H30N4O3. The van der Waals surface area contributed by atoms with Crippen molar-refractivity contribution in [2.24, 2.45) is 0 Å². The van der Waals surface area contributed by atoms with Gasteiger partial charge in [0.1, 0.15) is 5.75 Å². The quantitative estimate of drug-likeness (QED) is 0.587. The molecule has 0 N–H and O–H groups in total. The van der Waals surface area contributed by atoms with Crippen molar-refractivity contribution in [2.45, 2.75) is 32.9 Å². The molecule has 0 radical (unpaired) electrons. The lowest BCUT2D eigenvalue weighted by Crippen LogP contribution is -2.49. The van der Waals surface area contributed by atoms with Gasteiger partial charge in [0.15, 0.2) is 0 Å². The van der Waals surface area contributed by atoms with Gasteiger partial charge in [-0.3, -0.25) is 13.9 Å². The maximum absolute atomic E-state index is 12.9. The van der Waals surface area contributed by atoms with Crippen LogP contribution in [-0.2, 0) is 17.9 Å². The summed E-state index contributed by atoms with van der Waals surface area (Å²) < 4.78 is 8.78. The van der Waals surface area contributed by atoms with Crippen LogP contribution in [0.15, 0.2) is 53.3 Å². The fourth-order valence-electron chi connectivity index (χ4n) is 4.30. The molecule has 7 heteroatoms. The van der Waals surface area contributed by atoms with E-state index in [1.165, 1.54) is 0 Å². The Balaban J connectivity index is 1.38. The van der Waals surface area contributed by atoms with Crippen LogP contribution in [0, 0.1) is 0 Å². The van der Waals surface area contributed by atoms with Gasteiger partial charge in [-0.05, 0) is 42.8 Å². The van der Waals surface area contributed by atoms with Crippen molar-refractivity contribution >= 4 is 22.6 Å². The molecule has 2 heterocycles. The second-order valence-electron chi connectivity index (χ2n) is 7.89. The van der Waals surface area contributed by atoms with Gasteiger partial charge in [-0.2, -0.15) is 0 Å². The van der Waals surface area contributed by atoms with Crippen LogP contribution in [0.5, 0.6) is 5.75 Å². The largest absolute Gasteiger partial charge is 0.497 e. The molecule has 0 saturated carbocycles. The number of anilines is 1. The lowest BCUT2D eigenvalue weighted by atomic mass is 10.2. The standard InChI is InChI=1S/C24H30N4O3/c1-3-13-27-21-6-4-5-7-22(21)28(24(27)30)14-12-23(29)26-17-15-25(16-18-26)19-8-10-20(31-2)11-9-19/h4-11H,3,12-18H2,1-2H3. The number of para-hydroxylation sites is 2. The fourth-order valence-corrected chi connectivity index (χ4v) is 4.30. The zero-order chi connectivity index (χ0) is 21.8. The minimum absolute atomic E-state index is 0.0276. The van der Waals surface area contributed by atoms with E-state index < -0.39 is 0 Å². The molecule has 164 valence electrons. The van der Waals surface area contributed by atoms with Crippen molar-refractivity contribution in [1.82, 2.24) is 14.0 Å². The van der Waals surface area contributed by atoms with E-state index in [1.807, 2.05) is 45.9 Å². The number of imidazole rings is 1. The molecule has 0 spiro atoms. The van der Waals surface area contributed by atoms with Gasteiger partial charge in [0, 0.05) is 51.4 Å². The number of methoxy groups -OCH3 is 1. The SMILES string of the molecule is CCCn1c(=O)n(CCC(=O)N2CCN(c3ccc(OC)cc3)CC2)c2ccccc21. The first-order valence-corrected chi connectivity index (χ1v) is 11.0. The Bertz CT molecular complexity index is 1090. The van der Waals surface area contributed by atoms with Crippen molar-refractivity contribution in [2.75, 3.05) is 38.2 Å². The number of nitrogens with zero attached hydrogens (tertiary/aromatic N) is 4. The number of hydrogen-bond acceptors (Lipinski definition) is 4. The molecule has 0 atom stereocenters. The van der Waals surface area contributed by atoms with Gasteiger partial charge in [-0.1, -0.05) is 19.1 Å². The average molecular weight is 423 g/mol. The number of carbonyl (C=O) groups is 1. The van der Waals surface area contributed by atoms with Crippen LogP contribution < -0.4 is 15.3 Å². The summed E-state index contributed by atoms with van der Waals surface area (Å²) in [6, 6.07) is 15.8. The van der Waals surface area contributed by atoms with Crippen LogP contribution in [0.4, 0.5) is 5.69 Å². The number of piperazine rings is 1.